The van der Waals surface area contributed by atoms with E-state index in [4.69, 9.17) is 9.47 Å². The van der Waals surface area contributed by atoms with Gasteiger partial charge in [0.05, 0.1) is 12.2 Å². The monoisotopic (exact) mass is 216 g/mol. The fourth-order valence-corrected chi connectivity index (χ4v) is 2.42. The van der Waals surface area contributed by atoms with Crippen LogP contribution < -0.4 is 0 Å². The molecule has 0 saturated heterocycles. The van der Waals surface area contributed by atoms with Gasteiger partial charge in [-0.1, -0.05) is 6.92 Å². The Morgan fingerprint density at radius 1 is 1.40 bits per heavy atom. The molecule has 0 aromatic carbocycles. The number of rotatable bonds is 5. The lowest BCUT2D eigenvalue weighted by Gasteiger charge is -2.42. The molecule has 0 aromatic rings. The largest absolute Gasteiger partial charge is 0.388 e. The Hall–Kier alpha value is -0.120. The van der Waals surface area contributed by atoms with E-state index in [9.17, 15) is 5.11 Å². The summed E-state index contributed by atoms with van der Waals surface area (Å²) in [5.41, 5.74) is -0.350. The molecule has 1 saturated carbocycles. The van der Waals surface area contributed by atoms with Crippen LogP contribution in [0.25, 0.3) is 0 Å². The summed E-state index contributed by atoms with van der Waals surface area (Å²) in [6.07, 6.45) is 3.69. The number of hydrogen-bond donors (Lipinski definition) is 1. The van der Waals surface area contributed by atoms with Gasteiger partial charge in [0.1, 0.15) is 6.10 Å². The highest BCUT2D eigenvalue weighted by Gasteiger charge is 2.41. The number of hydrogen-bond acceptors (Lipinski definition) is 3. The van der Waals surface area contributed by atoms with Gasteiger partial charge < -0.3 is 14.6 Å². The Bertz CT molecular complexity index is 174. The molecule has 0 spiro atoms. The van der Waals surface area contributed by atoms with Crippen LogP contribution in [0.3, 0.4) is 0 Å². The Labute approximate surface area is 92.8 Å². The minimum absolute atomic E-state index is 0.350. The zero-order valence-corrected chi connectivity index (χ0v) is 10.2. The van der Waals surface area contributed by atoms with Crippen LogP contribution in [0, 0.1) is 5.92 Å². The molecule has 1 aliphatic carbocycles. The maximum absolute atomic E-state index is 10.1. The normalized spacial score (nSPS) is 34.0. The van der Waals surface area contributed by atoms with Gasteiger partial charge in [-0.2, -0.15) is 0 Å². The highest BCUT2D eigenvalue weighted by atomic mass is 16.5. The molecule has 1 atom stereocenters. The van der Waals surface area contributed by atoms with Crippen molar-refractivity contribution < 1.29 is 14.6 Å². The minimum Gasteiger partial charge on any atom is -0.388 e. The standard InChI is InChI=1S/C12H24O3/c1-4-15-12(11(13)9-14-3)7-5-10(2)6-8-12/h10-11,13H,4-9H2,1-3H3. The maximum atomic E-state index is 10.1. The van der Waals surface area contributed by atoms with Crippen LogP contribution in [0.2, 0.25) is 0 Å². The first-order chi connectivity index (χ1) is 7.14. The highest BCUT2D eigenvalue weighted by Crippen LogP contribution is 2.37. The van der Waals surface area contributed by atoms with Crippen LogP contribution in [-0.2, 0) is 9.47 Å². The van der Waals surface area contributed by atoms with Crippen LogP contribution >= 0.6 is 0 Å². The predicted molar refractivity (Wildman–Crippen MR) is 59.9 cm³/mol. The number of aliphatic hydroxyl groups is 1. The van der Waals surface area contributed by atoms with E-state index in [1.807, 2.05) is 6.92 Å². The minimum atomic E-state index is -0.491. The zero-order chi connectivity index (χ0) is 11.3. The molecule has 0 aliphatic heterocycles. The molecule has 15 heavy (non-hydrogen) atoms. The summed E-state index contributed by atoms with van der Waals surface area (Å²) in [5, 5.41) is 10.1. The first-order valence-electron chi connectivity index (χ1n) is 5.95. The molecule has 90 valence electrons. The smallest absolute Gasteiger partial charge is 0.106 e. The lowest BCUT2D eigenvalue weighted by atomic mass is 9.76. The molecule has 0 amide bonds. The first kappa shape index (κ1) is 12.9. The van der Waals surface area contributed by atoms with Crippen molar-refractivity contribution in [2.45, 2.75) is 51.2 Å². The van der Waals surface area contributed by atoms with E-state index < -0.39 is 6.10 Å². The van der Waals surface area contributed by atoms with Crippen molar-refractivity contribution in [2.75, 3.05) is 20.3 Å². The van der Waals surface area contributed by atoms with Crippen molar-refractivity contribution in [3.63, 3.8) is 0 Å². The van der Waals surface area contributed by atoms with Gasteiger partial charge in [-0.25, -0.2) is 0 Å². The SMILES string of the molecule is CCOC1(C(O)COC)CCC(C)CC1. The highest BCUT2D eigenvalue weighted by molar-refractivity contribution is 4.92. The third-order valence-electron chi connectivity index (χ3n) is 3.48. The second-order valence-electron chi connectivity index (χ2n) is 4.65. The number of ether oxygens (including phenoxy) is 2. The Balaban J connectivity index is 2.61. The van der Waals surface area contributed by atoms with Crippen molar-refractivity contribution in [1.82, 2.24) is 0 Å². The maximum Gasteiger partial charge on any atom is 0.106 e. The van der Waals surface area contributed by atoms with Crippen LogP contribution in [0.5, 0.6) is 0 Å². The van der Waals surface area contributed by atoms with E-state index in [0.717, 1.165) is 31.6 Å². The van der Waals surface area contributed by atoms with Crippen molar-refractivity contribution in [2.24, 2.45) is 5.92 Å². The van der Waals surface area contributed by atoms with Gasteiger partial charge in [0.2, 0.25) is 0 Å². The molecule has 3 heteroatoms. The molecule has 1 rings (SSSR count). The van der Waals surface area contributed by atoms with E-state index in [2.05, 4.69) is 6.92 Å². The van der Waals surface area contributed by atoms with Gasteiger partial charge in [0.25, 0.3) is 0 Å². The number of methoxy groups -OCH3 is 1. The van der Waals surface area contributed by atoms with Gasteiger partial charge >= 0.3 is 0 Å². The Morgan fingerprint density at radius 3 is 2.47 bits per heavy atom. The Kier molecular flexibility index (Phi) is 5.03. The van der Waals surface area contributed by atoms with Crippen LogP contribution in [-0.4, -0.2) is 37.1 Å². The van der Waals surface area contributed by atoms with Crippen molar-refractivity contribution in [3.8, 4) is 0 Å². The van der Waals surface area contributed by atoms with E-state index in [1.165, 1.54) is 0 Å². The van der Waals surface area contributed by atoms with Crippen molar-refractivity contribution in [1.29, 1.82) is 0 Å². The van der Waals surface area contributed by atoms with E-state index in [-0.39, 0.29) is 5.60 Å². The summed E-state index contributed by atoms with van der Waals surface area (Å²) in [6.45, 7) is 5.28. The first-order valence-corrected chi connectivity index (χ1v) is 5.95. The van der Waals surface area contributed by atoms with Gasteiger partial charge in [0.15, 0.2) is 0 Å². The van der Waals surface area contributed by atoms with Crippen molar-refractivity contribution >= 4 is 0 Å². The molecule has 1 unspecified atom stereocenters. The summed E-state index contributed by atoms with van der Waals surface area (Å²) in [4.78, 5) is 0. The van der Waals surface area contributed by atoms with E-state index in [0.29, 0.717) is 13.2 Å². The summed E-state index contributed by atoms with van der Waals surface area (Å²) >= 11 is 0. The average molecular weight is 216 g/mol. The van der Waals surface area contributed by atoms with Crippen LogP contribution in [0.15, 0.2) is 0 Å². The molecule has 0 aromatic heterocycles. The van der Waals surface area contributed by atoms with E-state index >= 15 is 0 Å². The molecule has 1 fully saturated rings. The Morgan fingerprint density at radius 2 is 2.00 bits per heavy atom. The van der Waals surface area contributed by atoms with Crippen molar-refractivity contribution in [3.05, 3.63) is 0 Å². The van der Waals surface area contributed by atoms with Crippen LogP contribution in [0.4, 0.5) is 0 Å². The van der Waals surface area contributed by atoms with E-state index in [1.54, 1.807) is 7.11 Å². The quantitative estimate of drug-likeness (QED) is 0.763. The third kappa shape index (κ3) is 3.16. The summed E-state index contributed by atoms with van der Waals surface area (Å²) in [7, 11) is 1.62. The second-order valence-corrected chi connectivity index (χ2v) is 4.65. The topological polar surface area (TPSA) is 38.7 Å². The summed E-state index contributed by atoms with van der Waals surface area (Å²) in [5.74, 6) is 0.758. The lowest BCUT2D eigenvalue weighted by molar-refractivity contribution is -0.158. The molecule has 3 nitrogen and oxygen atoms in total. The van der Waals surface area contributed by atoms with Gasteiger partial charge in [-0.15, -0.1) is 0 Å². The lowest BCUT2D eigenvalue weighted by Crippen LogP contribution is -2.49. The third-order valence-corrected chi connectivity index (χ3v) is 3.48. The molecular weight excluding hydrogens is 192 g/mol. The molecule has 0 heterocycles. The average Bonchev–Trinajstić information content (AvgIpc) is 2.22. The molecule has 1 N–H and O–H groups in total. The molecule has 0 radical (unpaired) electrons. The fourth-order valence-electron chi connectivity index (χ4n) is 2.42. The molecular formula is C12H24O3. The van der Waals surface area contributed by atoms with Gasteiger partial charge in [-0.05, 0) is 38.5 Å². The zero-order valence-electron chi connectivity index (χ0n) is 10.2. The van der Waals surface area contributed by atoms with Gasteiger partial charge in [0, 0.05) is 13.7 Å². The second kappa shape index (κ2) is 5.83. The molecule has 0 bridgehead atoms. The van der Waals surface area contributed by atoms with Crippen LogP contribution in [0.1, 0.15) is 39.5 Å². The predicted octanol–water partition coefficient (Wildman–Crippen LogP) is 1.98. The summed E-state index contributed by atoms with van der Waals surface area (Å²) in [6, 6.07) is 0. The number of aliphatic hydroxyl groups excluding tert-OH is 1. The fraction of sp³-hybridized carbons (Fsp3) is 1.00. The van der Waals surface area contributed by atoms with Gasteiger partial charge in [-0.3, -0.25) is 0 Å². The summed E-state index contributed by atoms with van der Waals surface area (Å²) < 4.78 is 10.8. The molecule has 1 aliphatic rings.